The van der Waals surface area contributed by atoms with E-state index in [9.17, 15) is 0 Å². The lowest BCUT2D eigenvalue weighted by Gasteiger charge is -2.24. The normalized spacial score (nSPS) is 22.9. The average molecular weight is 261 g/mol. The van der Waals surface area contributed by atoms with Crippen LogP contribution in [0.25, 0.3) is 0 Å². The first-order valence-corrected chi connectivity index (χ1v) is 7.71. The van der Waals surface area contributed by atoms with Gasteiger partial charge in [-0.25, -0.2) is 0 Å². The molecule has 0 aromatic heterocycles. The predicted octanol–water partition coefficient (Wildman–Crippen LogP) is 4.11. The van der Waals surface area contributed by atoms with E-state index in [0.29, 0.717) is 18.1 Å². The minimum absolute atomic E-state index is 0.339. The Labute approximate surface area is 117 Å². The highest BCUT2D eigenvalue weighted by Gasteiger charge is 2.28. The molecule has 1 N–H and O–H groups in total. The van der Waals surface area contributed by atoms with Gasteiger partial charge in [0.2, 0.25) is 0 Å². The quantitative estimate of drug-likeness (QED) is 0.832. The Hall–Kier alpha value is -1.02. The minimum Gasteiger partial charge on any atom is -0.489 e. The molecule has 0 aliphatic heterocycles. The number of benzene rings is 1. The zero-order chi connectivity index (χ0) is 13.7. The van der Waals surface area contributed by atoms with Gasteiger partial charge in [-0.05, 0) is 49.8 Å². The number of rotatable bonds is 6. The predicted molar refractivity (Wildman–Crippen MR) is 80.9 cm³/mol. The summed E-state index contributed by atoms with van der Waals surface area (Å²) < 4.78 is 6.31. The molecule has 106 valence electrons. The number of nitrogens with one attached hydrogen (secondary N) is 1. The number of hydrogen-bond donors (Lipinski definition) is 1. The molecule has 2 unspecified atom stereocenters. The molecule has 2 rings (SSSR count). The third-order valence-corrected chi connectivity index (χ3v) is 3.93. The van der Waals surface area contributed by atoms with Crippen LogP contribution in [-0.2, 0) is 0 Å². The summed E-state index contributed by atoms with van der Waals surface area (Å²) in [6, 6.07) is 9.00. The second kappa shape index (κ2) is 6.95. The highest BCUT2D eigenvalue weighted by Crippen LogP contribution is 2.30. The zero-order valence-corrected chi connectivity index (χ0v) is 12.5. The van der Waals surface area contributed by atoms with Gasteiger partial charge in [0.15, 0.2) is 0 Å². The molecule has 1 aromatic carbocycles. The van der Waals surface area contributed by atoms with Gasteiger partial charge in [-0.3, -0.25) is 0 Å². The summed E-state index contributed by atoms with van der Waals surface area (Å²) in [5.41, 5.74) is 1.32. The number of hydrogen-bond acceptors (Lipinski definition) is 2. The SMILES string of the molecule is CCCNC1CCCC1Oc1ccccc1C(C)C. The Bertz CT molecular complexity index is 389. The Balaban J connectivity index is 2.03. The Morgan fingerprint density at radius 3 is 2.79 bits per heavy atom. The van der Waals surface area contributed by atoms with E-state index in [-0.39, 0.29) is 0 Å². The van der Waals surface area contributed by atoms with Crippen LogP contribution in [0.2, 0.25) is 0 Å². The summed E-state index contributed by atoms with van der Waals surface area (Å²) in [5, 5.41) is 3.63. The summed E-state index contributed by atoms with van der Waals surface area (Å²) >= 11 is 0. The molecule has 2 atom stereocenters. The van der Waals surface area contributed by atoms with Crippen molar-refractivity contribution in [3.05, 3.63) is 29.8 Å². The summed E-state index contributed by atoms with van der Waals surface area (Å²) in [5.74, 6) is 1.59. The highest BCUT2D eigenvalue weighted by atomic mass is 16.5. The standard InChI is InChI=1S/C17H27NO/c1-4-12-18-15-9-7-11-17(15)19-16-10-6-5-8-14(16)13(2)3/h5-6,8,10,13,15,17-18H,4,7,9,11-12H2,1-3H3. The molecular weight excluding hydrogens is 234 g/mol. The first-order valence-electron chi connectivity index (χ1n) is 7.71. The van der Waals surface area contributed by atoms with Crippen LogP contribution in [0.4, 0.5) is 0 Å². The van der Waals surface area contributed by atoms with Gasteiger partial charge in [-0.2, -0.15) is 0 Å². The van der Waals surface area contributed by atoms with Crippen molar-refractivity contribution in [2.75, 3.05) is 6.54 Å². The van der Waals surface area contributed by atoms with Crippen LogP contribution in [0, 0.1) is 0 Å². The Morgan fingerprint density at radius 1 is 1.26 bits per heavy atom. The first-order chi connectivity index (χ1) is 9.22. The van der Waals surface area contributed by atoms with Gasteiger partial charge in [-0.15, -0.1) is 0 Å². The second-order valence-corrected chi connectivity index (χ2v) is 5.84. The summed E-state index contributed by atoms with van der Waals surface area (Å²) in [4.78, 5) is 0. The van der Waals surface area contributed by atoms with Crippen molar-refractivity contribution in [3.63, 3.8) is 0 Å². The Kier molecular flexibility index (Phi) is 5.26. The highest BCUT2D eigenvalue weighted by molar-refractivity contribution is 5.35. The van der Waals surface area contributed by atoms with E-state index in [1.165, 1.54) is 31.2 Å². The van der Waals surface area contributed by atoms with Crippen molar-refractivity contribution in [1.82, 2.24) is 5.32 Å². The maximum Gasteiger partial charge on any atom is 0.123 e. The van der Waals surface area contributed by atoms with Crippen LogP contribution >= 0.6 is 0 Å². The third kappa shape index (κ3) is 3.73. The minimum atomic E-state index is 0.339. The second-order valence-electron chi connectivity index (χ2n) is 5.84. The zero-order valence-electron chi connectivity index (χ0n) is 12.5. The fraction of sp³-hybridized carbons (Fsp3) is 0.647. The van der Waals surface area contributed by atoms with Crippen molar-refractivity contribution in [2.45, 2.75) is 64.5 Å². The lowest BCUT2D eigenvalue weighted by Crippen LogP contribution is -2.39. The fourth-order valence-electron chi connectivity index (χ4n) is 2.86. The van der Waals surface area contributed by atoms with Gasteiger partial charge in [0.1, 0.15) is 11.9 Å². The van der Waals surface area contributed by atoms with E-state index in [1.807, 2.05) is 0 Å². The van der Waals surface area contributed by atoms with E-state index < -0.39 is 0 Å². The molecule has 0 radical (unpaired) electrons. The third-order valence-electron chi connectivity index (χ3n) is 3.93. The first kappa shape index (κ1) is 14.4. The molecule has 1 aromatic rings. The molecule has 2 heteroatoms. The van der Waals surface area contributed by atoms with Crippen molar-refractivity contribution in [1.29, 1.82) is 0 Å². The van der Waals surface area contributed by atoms with Gasteiger partial charge >= 0.3 is 0 Å². The molecule has 2 nitrogen and oxygen atoms in total. The maximum absolute atomic E-state index is 6.31. The van der Waals surface area contributed by atoms with Gasteiger partial charge in [0.25, 0.3) is 0 Å². The molecule has 0 bridgehead atoms. The van der Waals surface area contributed by atoms with Crippen molar-refractivity contribution >= 4 is 0 Å². The fourth-order valence-corrected chi connectivity index (χ4v) is 2.86. The van der Waals surface area contributed by atoms with E-state index >= 15 is 0 Å². The number of para-hydroxylation sites is 1. The van der Waals surface area contributed by atoms with E-state index in [2.05, 4.69) is 50.4 Å². The Morgan fingerprint density at radius 2 is 2.05 bits per heavy atom. The van der Waals surface area contributed by atoms with Crippen molar-refractivity contribution < 1.29 is 4.74 Å². The lowest BCUT2D eigenvalue weighted by atomic mass is 10.0. The molecule has 0 heterocycles. The smallest absolute Gasteiger partial charge is 0.123 e. The molecule has 1 aliphatic carbocycles. The van der Waals surface area contributed by atoms with E-state index in [4.69, 9.17) is 4.74 Å². The molecule has 0 spiro atoms. The monoisotopic (exact) mass is 261 g/mol. The molecular formula is C17H27NO. The van der Waals surface area contributed by atoms with Crippen LogP contribution in [0.3, 0.4) is 0 Å². The van der Waals surface area contributed by atoms with Gasteiger partial charge < -0.3 is 10.1 Å². The van der Waals surface area contributed by atoms with Gasteiger partial charge in [0, 0.05) is 6.04 Å². The number of ether oxygens (including phenoxy) is 1. The topological polar surface area (TPSA) is 21.3 Å². The lowest BCUT2D eigenvalue weighted by molar-refractivity contribution is 0.173. The molecule has 0 saturated heterocycles. The van der Waals surface area contributed by atoms with Gasteiger partial charge in [-0.1, -0.05) is 39.0 Å². The summed E-state index contributed by atoms with van der Waals surface area (Å²) in [7, 11) is 0. The van der Waals surface area contributed by atoms with Crippen LogP contribution in [0.15, 0.2) is 24.3 Å². The van der Waals surface area contributed by atoms with Crippen LogP contribution < -0.4 is 10.1 Å². The van der Waals surface area contributed by atoms with E-state index in [0.717, 1.165) is 12.3 Å². The largest absolute Gasteiger partial charge is 0.489 e. The summed E-state index contributed by atoms with van der Waals surface area (Å²) in [6.45, 7) is 7.76. The molecule has 1 fully saturated rings. The van der Waals surface area contributed by atoms with Gasteiger partial charge in [0.05, 0.1) is 0 Å². The molecule has 19 heavy (non-hydrogen) atoms. The van der Waals surface area contributed by atoms with Crippen LogP contribution in [-0.4, -0.2) is 18.7 Å². The maximum atomic E-state index is 6.31. The van der Waals surface area contributed by atoms with Crippen molar-refractivity contribution in [2.24, 2.45) is 0 Å². The van der Waals surface area contributed by atoms with Crippen LogP contribution in [0.5, 0.6) is 5.75 Å². The van der Waals surface area contributed by atoms with Crippen LogP contribution in [0.1, 0.15) is 57.9 Å². The molecule has 1 saturated carbocycles. The average Bonchev–Trinajstić information content (AvgIpc) is 2.84. The van der Waals surface area contributed by atoms with E-state index in [1.54, 1.807) is 0 Å². The van der Waals surface area contributed by atoms with Crippen molar-refractivity contribution in [3.8, 4) is 5.75 Å². The summed E-state index contributed by atoms with van der Waals surface area (Å²) in [6.07, 6.45) is 5.22. The molecule has 0 amide bonds. The molecule has 1 aliphatic rings.